The van der Waals surface area contributed by atoms with Crippen molar-refractivity contribution >= 4 is 11.6 Å². The Morgan fingerprint density at radius 2 is 2.03 bits per heavy atom. The Kier molecular flexibility index (Phi) is 6.08. The summed E-state index contributed by atoms with van der Waals surface area (Å²) in [4.78, 5) is 25.3. The lowest BCUT2D eigenvalue weighted by Gasteiger charge is -2.40. The Morgan fingerprint density at radius 1 is 1.23 bits per heavy atom. The second-order valence-electron chi connectivity index (χ2n) is 8.14. The molecule has 7 heteroatoms. The molecule has 1 aromatic carbocycles. The van der Waals surface area contributed by atoms with Crippen molar-refractivity contribution in [2.24, 2.45) is 5.92 Å². The topological polar surface area (TPSA) is 68.3 Å². The molecule has 0 saturated carbocycles. The SMILES string of the molecule is [C-]#[N+]c1cccnc1CC[C@@H]1[C@H](C)CCCN1C(=O)c1cc(C)ccc1-n1nccn1. The molecule has 1 aliphatic heterocycles. The molecule has 0 spiro atoms. The van der Waals surface area contributed by atoms with Crippen LogP contribution in [0.15, 0.2) is 48.9 Å². The third kappa shape index (κ3) is 4.33. The number of carbonyl (C=O) groups excluding carboxylic acids is 1. The third-order valence-corrected chi connectivity index (χ3v) is 6.06. The number of aryl methyl sites for hydroxylation is 2. The van der Waals surface area contributed by atoms with Crippen molar-refractivity contribution in [3.05, 3.63) is 77.2 Å². The van der Waals surface area contributed by atoms with Crippen molar-refractivity contribution in [3.8, 4) is 5.69 Å². The first kappa shape index (κ1) is 20.7. The predicted octanol–water partition coefficient (Wildman–Crippen LogP) is 4.40. The fourth-order valence-corrected chi connectivity index (χ4v) is 4.44. The summed E-state index contributed by atoms with van der Waals surface area (Å²) >= 11 is 0. The molecule has 0 unspecified atom stereocenters. The molecule has 0 bridgehead atoms. The zero-order valence-corrected chi connectivity index (χ0v) is 17.9. The maximum absolute atomic E-state index is 13.8. The van der Waals surface area contributed by atoms with Crippen molar-refractivity contribution < 1.29 is 4.79 Å². The molecule has 0 radical (unpaired) electrons. The molecule has 3 heterocycles. The quantitative estimate of drug-likeness (QED) is 0.581. The van der Waals surface area contributed by atoms with Crippen LogP contribution in [-0.4, -0.2) is 43.4 Å². The number of pyridine rings is 1. The minimum Gasteiger partial charge on any atom is -0.335 e. The molecular formula is C24H26N6O. The number of likely N-dealkylation sites (tertiary alicyclic amines) is 1. The monoisotopic (exact) mass is 414 g/mol. The molecule has 2 aromatic heterocycles. The van der Waals surface area contributed by atoms with Crippen molar-refractivity contribution in [3.63, 3.8) is 0 Å². The number of nitrogens with zero attached hydrogens (tertiary/aromatic N) is 6. The normalized spacial score (nSPS) is 18.5. The lowest BCUT2D eigenvalue weighted by atomic mass is 9.86. The summed E-state index contributed by atoms with van der Waals surface area (Å²) in [6.45, 7) is 12.3. The lowest BCUT2D eigenvalue weighted by Crippen LogP contribution is -2.48. The number of amides is 1. The fourth-order valence-electron chi connectivity index (χ4n) is 4.44. The molecule has 158 valence electrons. The average molecular weight is 415 g/mol. The van der Waals surface area contributed by atoms with Gasteiger partial charge in [-0.2, -0.15) is 15.0 Å². The summed E-state index contributed by atoms with van der Waals surface area (Å²) in [6.07, 6.45) is 8.50. The van der Waals surface area contributed by atoms with Gasteiger partial charge in [-0.25, -0.2) is 4.85 Å². The van der Waals surface area contributed by atoms with Crippen LogP contribution >= 0.6 is 0 Å². The summed E-state index contributed by atoms with van der Waals surface area (Å²) in [7, 11) is 0. The Hall–Kier alpha value is -3.53. The third-order valence-electron chi connectivity index (χ3n) is 6.06. The van der Waals surface area contributed by atoms with Gasteiger partial charge in [0.05, 0.1) is 30.2 Å². The number of aromatic nitrogens is 4. The van der Waals surface area contributed by atoms with Crippen LogP contribution in [0.3, 0.4) is 0 Å². The Labute approximate surface area is 182 Å². The van der Waals surface area contributed by atoms with Crippen LogP contribution in [0.4, 0.5) is 5.69 Å². The molecular weight excluding hydrogens is 388 g/mol. The molecule has 1 saturated heterocycles. The first-order chi connectivity index (χ1) is 15.1. The summed E-state index contributed by atoms with van der Waals surface area (Å²) in [5, 5.41) is 8.46. The van der Waals surface area contributed by atoms with Gasteiger partial charge in [0.1, 0.15) is 0 Å². The van der Waals surface area contributed by atoms with Crippen molar-refractivity contribution in [2.75, 3.05) is 6.54 Å². The van der Waals surface area contributed by atoms with Crippen LogP contribution < -0.4 is 0 Å². The van der Waals surface area contributed by atoms with Gasteiger partial charge in [0.25, 0.3) is 5.91 Å². The lowest BCUT2D eigenvalue weighted by molar-refractivity contribution is 0.0499. The minimum absolute atomic E-state index is 0.0129. The van der Waals surface area contributed by atoms with E-state index in [9.17, 15) is 4.79 Å². The first-order valence-electron chi connectivity index (χ1n) is 10.7. The van der Waals surface area contributed by atoms with Gasteiger partial charge in [-0.15, -0.1) is 0 Å². The second kappa shape index (κ2) is 9.09. The number of piperidine rings is 1. The van der Waals surface area contributed by atoms with Crippen molar-refractivity contribution in [2.45, 2.75) is 45.6 Å². The number of benzene rings is 1. The fraction of sp³-hybridized carbons (Fsp3) is 0.375. The van der Waals surface area contributed by atoms with Gasteiger partial charge in [0.2, 0.25) is 5.69 Å². The molecule has 0 N–H and O–H groups in total. The Bertz CT molecular complexity index is 1100. The van der Waals surface area contributed by atoms with E-state index in [1.165, 1.54) is 4.80 Å². The van der Waals surface area contributed by atoms with Gasteiger partial charge >= 0.3 is 0 Å². The summed E-state index contributed by atoms with van der Waals surface area (Å²) < 4.78 is 0. The first-order valence-corrected chi connectivity index (χ1v) is 10.7. The summed E-state index contributed by atoms with van der Waals surface area (Å²) in [6, 6.07) is 9.49. The van der Waals surface area contributed by atoms with Crippen molar-refractivity contribution in [1.82, 2.24) is 24.9 Å². The van der Waals surface area contributed by atoms with E-state index < -0.39 is 0 Å². The molecule has 3 aromatic rings. The molecule has 1 aliphatic rings. The van der Waals surface area contributed by atoms with Crippen LogP contribution in [0, 0.1) is 19.4 Å². The highest BCUT2D eigenvalue weighted by atomic mass is 16.2. The molecule has 1 fully saturated rings. The van der Waals surface area contributed by atoms with Crippen molar-refractivity contribution in [1.29, 1.82) is 0 Å². The van der Waals surface area contributed by atoms with Crippen LogP contribution in [0.25, 0.3) is 10.5 Å². The highest BCUT2D eigenvalue weighted by Gasteiger charge is 2.33. The minimum atomic E-state index is 0.0129. The number of rotatable bonds is 5. The van der Waals surface area contributed by atoms with Gasteiger partial charge in [0.15, 0.2) is 0 Å². The van der Waals surface area contributed by atoms with Crippen LogP contribution in [-0.2, 0) is 6.42 Å². The summed E-state index contributed by atoms with van der Waals surface area (Å²) in [5.74, 6) is 0.396. The molecule has 1 amide bonds. The van der Waals surface area contributed by atoms with E-state index in [1.54, 1.807) is 30.7 Å². The standard InChI is InChI=1S/C24H26N6O/c1-17-8-10-23(30-27-13-14-28-30)19(16-17)24(31)29-15-5-6-18(2)22(29)11-9-21-20(25-3)7-4-12-26-21/h4,7-8,10,12-14,16,18,22H,5-6,9,11,15H2,1-2H3/t18-,22-/m1/s1. The zero-order valence-electron chi connectivity index (χ0n) is 17.9. The smallest absolute Gasteiger partial charge is 0.256 e. The average Bonchev–Trinajstić information content (AvgIpc) is 3.32. The van der Waals surface area contributed by atoms with Crippen LogP contribution in [0.5, 0.6) is 0 Å². The van der Waals surface area contributed by atoms with Gasteiger partial charge in [-0.3, -0.25) is 9.78 Å². The molecule has 4 rings (SSSR count). The van der Waals surface area contributed by atoms with Gasteiger partial charge < -0.3 is 4.90 Å². The largest absolute Gasteiger partial charge is 0.335 e. The highest BCUT2D eigenvalue weighted by molar-refractivity contribution is 5.98. The van der Waals surface area contributed by atoms with E-state index in [0.29, 0.717) is 29.3 Å². The van der Waals surface area contributed by atoms with Gasteiger partial charge in [-0.1, -0.05) is 30.7 Å². The molecule has 2 atom stereocenters. The molecule has 0 aliphatic carbocycles. The molecule has 31 heavy (non-hydrogen) atoms. The Morgan fingerprint density at radius 3 is 2.81 bits per heavy atom. The van der Waals surface area contributed by atoms with E-state index in [4.69, 9.17) is 6.57 Å². The van der Waals surface area contributed by atoms with Gasteiger partial charge in [0, 0.05) is 24.5 Å². The summed E-state index contributed by atoms with van der Waals surface area (Å²) in [5.41, 5.74) is 3.73. The number of carbonyl (C=O) groups is 1. The van der Waals surface area contributed by atoms with E-state index >= 15 is 0 Å². The molecule has 7 nitrogen and oxygen atoms in total. The highest BCUT2D eigenvalue weighted by Crippen LogP contribution is 2.30. The predicted molar refractivity (Wildman–Crippen MR) is 118 cm³/mol. The second-order valence-corrected chi connectivity index (χ2v) is 8.14. The Balaban J connectivity index is 1.62. The number of hydrogen-bond acceptors (Lipinski definition) is 4. The van der Waals surface area contributed by atoms with Crippen LogP contribution in [0.2, 0.25) is 0 Å². The van der Waals surface area contributed by atoms with Crippen LogP contribution in [0.1, 0.15) is 47.8 Å². The maximum Gasteiger partial charge on any atom is 0.256 e. The van der Waals surface area contributed by atoms with Gasteiger partial charge in [-0.05, 0) is 50.7 Å². The zero-order chi connectivity index (χ0) is 21.8. The van der Waals surface area contributed by atoms with E-state index in [-0.39, 0.29) is 11.9 Å². The number of hydrogen-bond donors (Lipinski definition) is 0. The van der Waals surface area contributed by atoms with E-state index in [1.807, 2.05) is 30.0 Å². The maximum atomic E-state index is 13.8. The van der Waals surface area contributed by atoms with E-state index in [0.717, 1.165) is 37.1 Å². The van der Waals surface area contributed by atoms with E-state index in [2.05, 4.69) is 27.0 Å².